The molecule has 0 saturated heterocycles. The van der Waals surface area contributed by atoms with Gasteiger partial charge in [0.1, 0.15) is 0 Å². The zero-order chi connectivity index (χ0) is 14.9. The summed E-state index contributed by atoms with van der Waals surface area (Å²) in [6, 6.07) is 12.1. The van der Waals surface area contributed by atoms with Gasteiger partial charge in [-0.1, -0.05) is 36.8 Å². The molecule has 5 heteroatoms. The van der Waals surface area contributed by atoms with Crippen LogP contribution < -0.4 is 5.32 Å². The average Bonchev–Trinajstić information content (AvgIpc) is 3.10. The second-order valence-electron chi connectivity index (χ2n) is 6.66. The molecule has 3 atom stereocenters. The maximum Gasteiger partial charge on any atom is 0.168 e. The Balaban J connectivity index is 1.48. The van der Waals surface area contributed by atoms with Crippen molar-refractivity contribution in [1.29, 1.82) is 0 Å². The molecule has 0 spiro atoms. The molecule has 0 bridgehead atoms. The molecule has 2 fully saturated rings. The third-order valence-electron chi connectivity index (χ3n) is 5.01. The summed E-state index contributed by atoms with van der Waals surface area (Å²) < 4.78 is 2.02. The average molecular weight is 297 g/mol. The molecule has 0 aliphatic heterocycles. The van der Waals surface area contributed by atoms with Crippen molar-refractivity contribution < 1.29 is 0 Å². The molecule has 5 nitrogen and oxygen atoms in total. The van der Waals surface area contributed by atoms with Gasteiger partial charge in [-0.25, -0.2) is 4.68 Å². The summed E-state index contributed by atoms with van der Waals surface area (Å²) in [7, 11) is 0. The van der Waals surface area contributed by atoms with Crippen LogP contribution >= 0.6 is 0 Å². The van der Waals surface area contributed by atoms with Gasteiger partial charge in [-0.15, -0.1) is 5.10 Å². The first-order valence-electron chi connectivity index (χ1n) is 8.41. The Bertz CT molecular complexity index is 619. The van der Waals surface area contributed by atoms with E-state index in [4.69, 9.17) is 0 Å². The van der Waals surface area contributed by atoms with E-state index in [1.54, 1.807) is 0 Å². The van der Waals surface area contributed by atoms with Crippen molar-refractivity contribution in [2.45, 2.75) is 63.1 Å². The summed E-state index contributed by atoms with van der Waals surface area (Å²) >= 11 is 0. The smallest absolute Gasteiger partial charge is 0.168 e. The van der Waals surface area contributed by atoms with Gasteiger partial charge in [0.2, 0.25) is 0 Å². The first-order chi connectivity index (χ1) is 10.8. The molecule has 22 heavy (non-hydrogen) atoms. The van der Waals surface area contributed by atoms with E-state index in [9.17, 15) is 0 Å². The molecule has 2 aliphatic carbocycles. The van der Waals surface area contributed by atoms with Gasteiger partial charge in [0.05, 0.1) is 12.1 Å². The zero-order valence-electron chi connectivity index (χ0n) is 13.0. The lowest BCUT2D eigenvalue weighted by Crippen LogP contribution is -2.34. The minimum atomic E-state index is 0.199. The van der Waals surface area contributed by atoms with E-state index in [-0.39, 0.29) is 6.04 Å². The molecule has 1 aromatic heterocycles. The van der Waals surface area contributed by atoms with Gasteiger partial charge in [-0.05, 0) is 54.5 Å². The van der Waals surface area contributed by atoms with E-state index in [2.05, 4.69) is 58.1 Å². The van der Waals surface area contributed by atoms with Gasteiger partial charge in [0.15, 0.2) is 5.82 Å². The minimum absolute atomic E-state index is 0.199. The Morgan fingerprint density at radius 3 is 2.73 bits per heavy atom. The molecule has 4 rings (SSSR count). The highest BCUT2D eigenvalue weighted by Crippen LogP contribution is 2.37. The number of hydrogen-bond donors (Lipinski definition) is 1. The first kappa shape index (κ1) is 13.9. The predicted octanol–water partition coefficient (Wildman–Crippen LogP) is 2.99. The fourth-order valence-corrected chi connectivity index (χ4v) is 3.72. The summed E-state index contributed by atoms with van der Waals surface area (Å²) in [4.78, 5) is 0. The van der Waals surface area contributed by atoms with Crippen LogP contribution in [0.25, 0.3) is 0 Å². The Kier molecular flexibility index (Phi) is 3.66. The summed E-state index contributed by atoms with van der Waals surface area (Å²) in [6.07, 6.45) is 6.20. The van der Waals surface area contributed by atoms with Crippen LogP contribution in [0, 0.1) is 0 Å². The summed E-state index contributed by atoms with van der Waals surface area (Å²) in [5, 5.41) is 16.1. The molecule has 1 heterocycles. The van der Waals surface area contributed by atoms with Crippen LogP contribution in [0.4, 0.5) is 0 Å². The molecule has 0 radical (unpaired) electrons. The molecule has 2 aromatic rings. The standard InChI is InChI=1S/C17H23N5/c1-12(17-19-20-21-22(17)14-10-11-14)18-16-9-5-8-15(16)13-6-3-2-4-7-13/h2-4,6-7,12,14-16,18H,5,8-11H2,1H3. The van der Waals surface area contributed by atoms with Crippen LogP contribution in [0.15, 0.2) is 30.3 Å². The zero-order valence-corrected chi connectivity index (χ0v) is 13.0. The number of nitrogens with one attached hydrogen (secondary N) is 1. The van der Waals surface area contributed by atoms with E-state index < -0.39 is 0 Å². The van der Waals surface area contributed by atoms with Gasteiger partial charge >= 0.3 is 0 Å². The van der Waals surface area contributed by atoms with Crippen molar-refractivity contribution in [3.05, 3.63) is 41.7 Å². The third kappa shape index (κ3) is 2.65. The van der Waals surface area contributed by atoms with Crippen LogP contribution in [0.2, 0.25) is 0 Å². The van der Waals surface area contributed by atoms with Gasteiger partial charge in [0.25, 0.3) is 0 Å². The van der Waals surface area contributed by atoms with Gasteiger partial charge < -0.3 is 5.32 Å². The Hall–Kier alpha value is -1.75. The normalized spacial score (nSPS) is 26.2. The molecule has 1 N–H and O–H groups in total. The lowest BCUT2D eigenvalue weighted by atomic mass is 9.93. The van der Waals surface area contributed by atoms with Crippen molar-refractivity contribution in [2.75, 3.05) is 0 Å². The van der Waals surface area contributed by atoms with Crippen LogP contribution in [-0.2, 0) is 0 Å². The molecule has 3 unspecified atom stereocenters. The lowest BCUT2D eigenvalue weighted by molar-refractivity contribution is 0.402. The molecular formula is C17H23N5. The van der Waals surface area contributed by atoms with Crippen LogP contribution in [0.1, 0.15) is 68.4 Å². The third-order valence-corrected chi connectivity index (χ3v) is 5.01. The van der Waals surface area contributed by atoms with Crippen molar-refractivity contribution in [3.8, 4) is 0 Å². The van der Waals surface area contributed by atoms with Crippen molar-refractivity contribution in [2.24, 2.45) is 0 Å². The maximum absolute atomic E-state index is 4.26. The fraction of sp³-hybridized carbons (Fsp3) is 0.588. The molecule has 2 saturated carbocycles. The maximum atomic E-state index is 4.26. The van der Waals surface area contributed by atoms with E-state index >= 15 is 0 Å². The van der Waals surface area contributed by atoms with Crippen LogP contribution in [0.5, 0.6) is 0 Å². The number of tetrazole rings is 1. The number of hydrogen-bond acceptors (Lipinski definition) is 4. The Labute approximate surface area is 131 Å². The quantitative estimate of drug-likeness (QED) is 0.921. The summed E-state index contributed by atoms with van der Waals surface area (Å²) in [6.45, 7) is 2.19. The lowest BCUT2D eigenvalue weighted by Gasteiger charge is -2.25. The summed E-state index contributed by atoms with van der Waals surface area (Å²) in [5.74, 6) is 1.59. The molecule has 1 aromatic carbocycles. The molecule has 2 aliphatic rings. The number of rotatable bonds is 5. The Morgan fingerprint density at radius 1 is 1.14 bits per heavy atom. The van der Waals surface area contributed by atoms with Crippen LogP contribution in [0.3, 0.4) is 0 Å². The van der Waals surface area contributed by atoms with Crippen molar-refractivity contribution in [1.82, 2.24) is 25.5 Å². The van der Waals surface area contributed by atoms with Gasteiger partial charge in [0, 0.05) is 6.04 Å². The van der Waals surface area contributed by atoms with Crippen molar-refractivity contribution >= 4 is 0 Å². The molecular weight excluding hydrogens is 274 g/mol. The predicted molar refractivity (Wildman–Crippen MR) is 84.5 cm³/mol. The van der Waals surface area contributed by atoms with Gasteiger partial charge in [-0.2, -0.15) is 0 Å². The monoisotopic (exact) mass is 297 g/mol. The van der Waals surface area contributed by atoms with E-state index in [0.29, 0.717) is 18.0 Å². The summed E-state index contributed by atoms with van der Waals surface area (Å²) in [5.41, 5.74) is 1.45. The minimum Gasteiger partial charge on any atom is -0.304 e. The van der Waals surface area contributed by atoms with E-state index in [1.165, 1.54) is 37.7 Å². The Morgan fingerprint density at radius 2 is 1.95 bits per heavy atom. The SMILES string of the molecule is CC(NC1CCCC1c1ccccc1)c1nnnn1C1CC1. The number of aromatic nitrogens is 4. The van der Waals surface area contributed by atoms with E-state index in [1.807, 2.05) is 4.68 Å². The number of nitrogens with zero attached hydrogens (tertiary/aromatic N) is 4. The van der Waals surface area contributed by atoms with Crippen molar-refractivity contribution in [3.63, 3.8) is 0 Å². The second kappa shape index (κ2) is 5.80. The first-order valence-corrected chi connectivity index (χ1v) is 8.41. The van der Waals surface area contributed by atoms with Crippen LogP contribution in [-0.4, -0.2) is 26.2 Å². The highest BCUT2D eigenvalue weighted by atomic mass is 15.6. The number of benzene rings is 1. The van der Waals surface area contributed by atoms with Gasteiger partial charge in [-0.3, -0.25) is 0 Å². The highest BCUT2D eigenvalue weighted by molar-refractivity contribution is 5.22. The topological polar surface area (TPSA) is 55.6 Å². The largest absolute Gasteiger partial charge is 0.304 e. The second-order valence-corrected chi connectivity index (χ2v) is 6.66. The highest BCUT2D eigenvalue weighted by Gasteiger charge is 2.33. The fourth-order valence-electron chi connectivity index (χ4n) is 3.72. The molecule has 116 valence electrons. The molecule has 0 amide bonds. The van der Waals surface area contributed by atoms with E-state index in [0.717, 1.165) is 5.82 Å².